The Balaban J connectivity index is 1.24. The lowest BCUT2D eigenvalue weighted by Gasteiger charge is -2.40. The number of carbonyl (C=O) groups excluding carboxylic acids is 1. The molecular formula is C23H29N3O2. The van der Waals surface area contributed by atoms with Gasteiger partial charge in [-0.2, -0.15) is 0 Å². The third kappa shape index (κ3) is 4.51. The maximum atomic E-state index is 11.3. The van der Waals surface area contributed by atoms with Crippen molar-refractivity contribution in [1.29, 1.82) is 0 Å². The summed E-state index contributed by atoms with van der Waals surface area (Å²) in [6.07, 6.45) is 9.70. The average Bonchev–Trinajstić information content (AvgIpc) is 2.61. The lowest BCUT2D eigenvalue weighted by molar-refractivity contribution is -0.117. The Morgan fingerprint density at radius 3 is 2.43 bits per heavy atom. The largest absolute Gasteiger partial charge is 0.487 e. The number of ether oxygens (including phenoxy) is 1. The number of aromatic nitrogens is 2. The van der Waals surface area contributed by atoms with Gasteiger partial charge in [-0.3, -0.25) is 0 Å². The summed E-state index contributed by atoms with van der Waals surface area (Å²) >= 11 is 0. The lowest BCUT2D eigenvalue weighted by atomic mass is 9.83. The highest BCUT2D eigenvalue weighted by Gasteiger charge is 2.29. The number of anilines is 1. The molecule has 1 saturated carbocycles. The van der Waals surface area contributed by atoms with E-state index < -0.39 is 0 Å². The molecule has 28 heavy (non-hydrogen) atoms. The third-order valence-electron chi connectivity index (χ3n) is 5.95. The SMILES string of the molecule is CC(=O)C[C@@H](C)c1ccc(OC2CN(c3cnc(CC4CCC4)nc3)C2)cc1. The van der Waals surface area contributed by atoms with E-state index in [1.54, 1.807) is 6.92 Å². The van der Waals surface area contributed by atoms with Gasteiger partial charge in [0, 0.05) is 12.8 Å². The first-order valence-corrected chi connectivity index (χ1v) is 10.4. The Kier molecular flexibility index (Phi) is 5.60. The minimum atomic E-state index is 0.190. The molecule has 1 aromatic carbocycles. The molecule has 2 aromatic rings. The van der Waals surface area contributed by atoms with Crippen LogP contribution in [0.1, 0.15) is 56.8 Å². The zero-order valence-corrected chi connectivity index (χ0v) is 16.8. The summed E-state index contributed by atoms with van der Waals surface area (Å²) < 4.78 is 6.07. The molecule has 0 amide bonds. The molecule has 2 heterocycles. The van der Waals surface area contributed by atoms with Gasteiger partial charge >= 0.3 is 0 Å². The van der Waals surface area contributed by atoms with Gasteiger partial charge in [0.2, 0.25) is 0 Å². The van der Waals surface area contributed by atoms with Crippen molar-refractivity contribution < 1.29 is 9.53 Å². The second-order valence-corrected chi connectivity index (χ2v) is 8.38. The van der Waals surface area contributed by atoms with E-state index in [1.807, 2.05) is 24.5 Å². The fraction of sp³-hybridized carbons (Fsp3) is 0.522. The molecule has 5 nitrogen and oxygen atoms in total. The average molecular weight is 380 g/mol. The first kappa shape index (κ1) is 18.9. The van der Waals surface area contributed by atoms with Crippen molar-refractivity contribution in [1.82, 2.24) is 9.97 Å². The van der Waals surface area contributed by atoms with Gasteiger partial charge in [-0.1, -0.05) is 38.3 Å². The highest BCUT2D eigenvalue weighted by atomic mass is 16.5. The highest BCUT2D eigenvalue weighted by Crippen LogP contribution is 2.29. The van der Waals surface area contributed by atoms with Gasteiger partial charge < -0.3 is 14.4 Å². The Morgan fingerprint density at radius 2 is 1.86 bits per heavy atom. The van der Waals surface area contributed by atoms with E-state index in [0.29, 0.717) is 6.42 Å². The van der Waals surface area contributed by atoms with Gasteiger partial charge in [0.15, 0.2) is 0 Å². The molecule has 4 rings (SSSR count). The summed E-state index contributed by atoms with van der Waals surface area (Å²) in [4.78, 5) is 22.6. The molecule has 1 saturated heterocycles. The van der Waals surface area contributed by atoms with E-state index in [1.165, 1.54) is 24.8 Å². The zero-order chi connectivity index (χ0) is 19.5. The van der Waals surface area contributed by atoms with Crippen LogP contribution in [0.15, 0.2) is 36.7 Å². The number of ketones is 1. The van der Waals surface area contributed by atoms with E-state index in [4.69, 9.17) is 4.74 Å². The van der Waals surface area contributed by atoms with Crippen LogP contribution in [0.25, 0.3) is 0 Å². The van der Waals surface area contributed by atoms with Crippen molar-refractivity contribution >= 4 is 11.5 Å². The van der Waals surface area contributed by atoms with Gasteiger partial charge in [-0.05, 0) is 36.5 Å². The second kappa shape index (κ2) is 8.29. The quantitative estimate of drug-likeness (QED) is 0.689. The zero-order valence-electron chi connectivity index (χ0n) is 16.8. The van der Waals surface area contributed by atoms with Crippen LogP contribution in [-0.4, -0.2) is 34.9 Å². The molecule has 0 unspecified atom stereocenters. The van der Waals surface area contributed by atoms with E-state index in [9.17, 15) is 4.79 Å². The third-order valence-corrected chi connectivity index (χ3v) is 5.95. The summed E-state index contributed by atoms with van der Waals surface area (Å²) in [6.45, 7) is 5.44. The number of carbonyl (C=O) groups is 1. The van der Waals surface area contributed by atoms with Gasteiger partial charge in [0.1, 0.15) is 23.5 Å². The summed E-state index contributed by atoms with van der Waals surface area (Å²) in [7, 11) is 0. The van der Waals surface area contributed by atoms with Crippen molar-refractivity contribution in [3.8, 4) is 5.75 Å². The van der Waals surface area contributed by atoms with Crippen molar-refractivity contribution in [3.63, 3.8) is 0 Å². The molecular weight excluding hydrogens is 350 g/mol. The van der Waals surface area contributed by atoms with Gasteiger partial charge in [-0.15, -0.1) is 0 Å². The molecule has 0 radical (unpaired) electrons. The maximum absolute atomic E-state index is 11.3. The fourth-order valence-corrected chi connectivity index (χ4v) is 3.91. The Labute approximate surface area is 167 Å². The lowest BCUT2D eigenvalue weighted by Crippen LogP contribution is -2.54. The number of Topliss-reactive ketones (excluding diaryl/α,β-unsaturated/α-hetero) is 1. The minimum absolute atomic E-state index is 0.190. The van der Waals surface area contributed by atoms with Crippen molar-refractivity contribution in [2.45, 2.75) is 58.0 Å². The molecule has 2 aliphatic rings. The number of benzene rings is 1. The van der Waals surface area contributed by atoms with Gasteiger partial charge in [0.25, 0.3) is 0 Å². The van der Waals surface area contributed by atoms with E-state index in [0.717, 1.165) is 42.7 Å². The van der Waals surface area contributed by atoms with Crippen LogP contribution < -0.4 is 9.64 Å². The highest BCUT2D eigenvalue weighted by molar-refractivity contribution is 5.76. The molecule has 5 heteroatoms. The van der Waals surface area contributed by atoms with E-state index >= 15 is 0 Å². The number of rotatable bonds is 8. The molecule has 1 aliphatic carbocycles. The van der Waals surface area contributed by atoms with Gasteiger partial charge in [-0.25, -0.2) is 9.97 Å². The summed E-state index contributed by atoms with van der Waals surface area (Å²) in [6, 6.07) is 8.14. The second-order valence-electron chi connectivity index (χ2n) is 8.38. The fourth-order valence-electron chi connectivity index (χ4n) is 3.91. The Bertz CT molecular complexity index is 794. The van der Waals surface area contributed by atoms with Crippen LogP contribution in [0.3, 0.4) is 0 Å². The first-order valence-electron chi connectivity index (χ1n) is 10.4. The Morgan fingerprint density at radius 1 is 1.18 bits per heavy atom. The predicted molar refractivity (Wildman–Crippen MR) is 110 cm³/mol. The monoisotopic (exact) mass is 379 g/mol. The van der Waals surface area contributed by atoms with Crippen LogP contribution in [0.4, 0.5) is 5.69 Å². The normalized spacial score (nSPS) is 18.3. The first-order chi connectivity index (χ1) is 13.6. The molecule has 0 N–H and O–H groups in total. The summed E-state index contributed by atoms with van der Waals surface area (Å²) in [5.41, 5.74) is 2.25. The molecule has 148 valence electrons. The smallest absolute Gasteiger partial charge is 0.133 e. The van der Waals surface area contributed by atoms with E-state index in [2.05, 4.69) is 33.9 Å². The molecule has 1 atom stereocenters. The van der Waals surface area contributed by atoms with Crippen molar-refractivity contribution in [3.05, 3.63) is 48.0 Å². The van der Waals surface area contributed by atoms with Crippen LogP contribution in [0.2, 0.25) is 0 Å². The van der Waals surface area contributed by atoms with Crippen LogP contribution in [0, 0.1) is 5.92 Å². The van der Waals surface area contributed by atoms with Crippen molar-refractivity contribution in [2.75, 3.05) is 18.0 Å². The summed E-state index contributed by atoms with van der Waals surface area (Å²) in [5, 5.41) is 0. The minimum Gasteiger partial charge on any atom is -0.487 e. The van der Waals surface area contributed by atoms with Crippen LogP contribution >= 0.6 is 0 Å². The molecule has 1 aromatic heterocycles. The summed E-state index contributed by atoms with van der Waals surface area (Å²) in [5.74, 6) is 3.13. The molecule has 2 fully saturated rings. The van der Waals surface area contributed by atoms with Crippen LogP contribution in [0.5, 0.6) is 5.75 Å². The number of hydrogen-bond donors (Lipinski definition) is 0. The van der Waals surface area contributed by atoms with Crippen molar-refractivity contribution in [2.24, 2.45) is 5.92 Å². The Hall–Kier alpha value is -2.43. The molecule has 1 aliphatic heterocycles. The predicted octanol–water partition coefficient (Wildman–Crippen LogP) is 4.17. The molecule has 0 bridgehead atoms. The number of hydrogen-bond acceptors (Lipinski definition) is 5. The standard InChI is InChI=1S/C23H29N3O2/c1-16(10-17(2)27)19-6-8-21(9-7-19)28-22-14-26(15-22)20-12-24-23(25-13-20)11-18-4-3-5-18/h6-9,12-13,16,18,22H,3-5,10-11,14-15H2,1-2H3/t16-/m1/s1. The number of nitrogens with zero attached hydrogens (tertiary/aromatic N) is 3. The topological polar surface area (TPSA) is 55.3 Å². The van der Waals surface area contributed by atoms with Gasteiger partial charge in [0.05, 0.1) is 31.2 Å². The molecule has 0 spiro atoms. The van der Waals surface area contributed by atoms with Crippen LogP contribution in [-0.2, 0) is 11.2 Å². The maximum Gasteiger partial charge on any atom is 0.133 e. The van der Waals surface area contributed by atoms with E-state index in [-0.39, 0.29) is 17.8 Å².